The Hall–Kier alpha value is -3.64. The molecule has 12 heteroatoms. The highest BCUT2D eigenvalue weighted by molar-refractivity contribution is 7.93. The minimum atomic E-state index is -3.83. The predicted molar refractivity (Wildman–Crippen MR) is 117 cm³/mol. The number of nitro groups is 1. The van der Waals surface area contributed by atoms with Crippen LogP contribution >= 0.6 is 11.3 Å². The van der Waals surface area contributed by atoms with E-state index < -0.39 is 20.9 Å². The maximum atomic E-state index is 12.4. The average Bonchev–Trinajstić information content (AvgIpc) is 3.19. The van der Waals surface area contributed by atoms with Gasteiger partial charge in [0.25, 0.3) is 15.7 Å². The fourth-order valence-corrected chi connectivity index (χ4v) is 4.34. The van der Waals surface area contributed by atoms with Gasteiger partial charge in [-0.2, -0.15) is 0 Å². The Kier molecular flexibility index (Phi) is 6.72. The van der Waals surface area contributed by atoms with Crippen LogP contribution in [-0.2, 0) is 21.2 Å². The van der Waals surface area contributed by atoms with Crippen molar-refractivity contribution in [3.05, 3.63) is 75.3 Å². The Bertz CT molecular complexity index is 1240. The van der Waals surface area contributed by atoms with Crippen molar-refractivity contribution >= 4 is 49.8 Å². The maximum absolute atomic E-state index is 12.4. The number of aromatic nitrogens is 2. The third kappa shape index (κ3) is 5.93. The number of sulfonamides is 1. The number of carbonyl (C=O) groups is 1. The van der Waals surface area contributed by atoms with Crippen LogP contribution in [0.2, 0.25) is 0 Å². The molecule has 2 aromatic carbocycles. The van der Waals surface area contributed by atoms with E-state index in [-0.39, 0.29) is 15.7 Å². The summed E-state index contributed by atoms with van der Waals surface area (Å²) in [4.78, 5) is 22.4. The van der Waals surface area contributed by atoms with E-state index in [0.717, 1.165) is 11.3 Å². The van der Waals surface area contributed by atoms with E-state index in [4.69, 9.17) is 0 Å². The van der Waals surface area contributed by atoms with Gasteiger partial charge in [-0.15, -0.1) is 10.2 Å². The molecule has 0 spiro atoms. The topological polar surface area (TPSA) is 144 Å². The van der Waals surface area contributed by atoms with Gasteiger partial charge in [0.15, 0.2) is 0 Å². The molecule has 1 aromatic heterocycles. The summed E-state index contributed by atoms with van der Waals surface area (Å²) in [5.74, 6) is -0.471. The Balaban J connectivity index is 1.63. The Morgan fingerprint density at radius 2 is 1.94 bits per heavy atom. The fraction of sp³-hybridized carbons (Fsp3) is 0.105. The first-order chi connectivity index (χ1) is 14.8. The van der Waals surface area contributed by atoms with Crippen LogP contribution in [-0.4, -0.2) is 29.4 Å². The van der Waals surface area contributed by atoms with E-state index >= 15 is 0 Å². The summed E-state index contributed by atoms with van der Waals surface area (Å²) < 4.78 is 27.3. The van der Waals surface area contributed by atoms with Gasteiger partial charge in [0.1, 0.15) is 5.01 Å². The van der Waals surface area contributed by atoms with Gasteiger partial charge < -0.3 is 5.32 Å². The third-order valence-corrected chi connectivity index (χ3v) is 6.40. The number of aryl methyl sites for hydroxylation is 1. The highest BCUT2D eigenvalue weighted by atomic mass is 32.2. The molecule has 31 heavy (non-hydrogen) atoms. The van der Waals surface area contributed by atoms with E-state index in [0.29, 0.717) is 22.7 Å². The molecule has 0 bridgehead atoms. The molecule has 0 aliphatic carbocycles. The number of non-ortho nitro benzene ring substituents is 1. The van der Waals surface area contributed by atoms with Gasteiger partial charge >= 0.3 is 0 Å². The molecule has 0 aliphatic heterocycles. The fourth-order valence-electron chi connectivity index (χ4n) is 2.43. The van der Waals surface area contributed by atoms with Crippen molar-refractivity contribution < 1.29 is 18.1 Å². The van der Waals surface area contributed by atoms with E-state index in [1.165, 1.54) is 54.6 Å². The first-order valence-corrected chi connectivity index (χ1v) is 11.3. The zero-order valence-electron chi connectivity index (χ0n) is 16.2. The van der Waals surface area contributed by atoms with Crippen molar-refractivity contribution in [1.82, 2.24) is 10.2 Å². The van der Waals surface area contributed by atoms with Crippen molar-refractivity contribution in [2.45, 2.75) is 18.2 Å². The smallest absolute Gasteiger partial charge is 0.270 e. The molecule has 0 fully saturated rings. The number of nitro benzene ring substituents is 1. The van der Waals surface area contributed by atoms with E-state index in [1.54, 1.807) is 6.07 Å². The lowest BCUT2D eigenvalue weighted by Gasteiger charge is -2.06. The lowest BCUT2D eigenvalue weighted by atomic mass is 10.2. The lowest BCUT2D eigenvalue weighted by Crippen LogP contribution is -2.13. The minimum Gasteiger partial charge on any atom is -0.323 e. The number of hydrogen-bond acceptors (Lipinski definition) is 8. The molecule has 1 amide bonds. The Morgan fingerprint density at radius 3 is 2.58 bits per heavy atom. The molecule has 0 radical (unpaired) electrons. The van der Waals surface area contributed by atoms with Gasteiger partial charge in [-0.25, -0.2) is 8.42 Å². The van der Waals surface area contributed by atoms with Gasteiger partial charge in [-0.1, -0.05) is 30.4 Å². The summed E-state index contributed by atoms with van der Waals surface area (Å²) in [6.07, 6.45) is 3.33. The highest BCUT2D eigenvalue weighted by Gasteiger charge is 2.16. The van der Waals surface area contributed by atoms with E-state index in [2.05, 4.69) is 20.2 Å². The van der Waals surface area contributed by atoms with Crippen molar-refractivity contribution in [3.8, 4) is 0 Å². The number of nitrogens with one attached hydrogen (secondary N) is 2. The Labute approximate surface area is 181 Å². The number of hydrogen-bond donors (Lipinski definition) is 2. The normalized spacial score (nSPS) is 11.4. The number of amides is 1. The Morgan fingerprint density at radius 1 is 1.19 bits per heavy atom. The van der Waals surface area contributed by atoms with Crippen molar-refractivity contribution in [2.24, 2.45) is 0 Å². The van der Waals surface area contributed by atoms with Gasteiger partial charge in [0.05, 0.1) is 9.82 Å². The second-order valence-electron chi connectivity index (χ2n) is 6.16. The number of anilines is 2. The second-order valence-corrected chi connectivity index (χ2v) is 8.90. The third-order valence-electron chi connectivity index (χ3n) is 3.93. The summed E-state index contributed by atoms with van der Waals surface area (Å²) in [5.41, 5.74) is 0.809. The van der Waals surface area contributed by atoms with E-state index in [9.17, 15) is 23.3 Å². The number of nitrogens with zero attached hydrogens (tertiary/aromatic N) is 3. The van der Waals surface area contributed by atoms with E-state index in [1.807, 2.05) is 6.92 Å². The molecule has 2 N–H and O–H groups in total. The van der Waals surface area contributed by atoms with Crippen LogP contribution in [0.15, 0.2) is 59.5 Å². The summed E-state index contributed by atoms with van der Waals surface area (Å²) >= 11 is 1.16. The van der Waals surface area contributed by atoms with Crippen LogP contribution in [0.4, 0.5) is 16.5 Å². The van der Waals surface area contributed by atoms with Crippen LogP contribution < -0.4 is 10.0 Å². The molecule has 160 valence electrons. The molecule has 3 rings (SSSR count). The summed E-state index contributed by atoms with van der Waals surface area (Å²) in [5, 5.41) is 21.9. The molecule has 0 saturated carbocycles. The van der Waals surface area contributed by atoms with Gasteiger partial charge in [0, 0.05) is 23.9 Å². The molecular formula is C19H17N5O5S2. The summed E-state index contributed by atoms with van der Waals surface area (Å²) in [6, 6.07) is 11.5. The van der Waals surface area contributed by atoms with Crippen LogP contribution in [0.25, 0.3) is 6.08 Å². The maximum Gasteiger partial charge on any atom is 0.270 e. The molecular weight excluding hydrogens is 442 g/mol. The van der Waals surface area contributed by atoms with Crippen LogP contribution in [0.5, 0.6) is 0 Å². The largest absolute Gasteiger partial charge is 0.323 e. The molecule has 0 saturated heterocycles. The molecule has 0 aliphatic rings. The minimum absolute atomic E-state index is 0.00545. The molecule has 1 heterocycles. The standard InChI is InChI=1S/C19H17N5O5S2/c1-2-18-21-22-19(30-18)23-31(28,29)16-9-7-14(8-10-16)20-17(25)11-6-13-4-3-5-15(12-13)24(26)27/h3-12H,2H2,1H3,(H,20,25)(H,22,23)/b11-6+. The zero-order valence-corrected chi connectivity index (χ0v) is 17.8. The van der Waals surface area contributed by atoms with Crippen LogP contribution in [0.3, 0.4) is 0 Å². The number of rotatable bonds is 8. The van der Waals surface area contributed by atoms with Crippen LogP contribution in [0, 0.1) is 10.1 Å². The average molecular weight is 460 g/mol. The first-order valence-electron chi connectivity index (χ1n) is 8.95. The first kappa shape index (κ1) is 22.1. The monoisotopic (exact) mass is 459 g/mol. The highest BCUT2D eigenvalue weighted by Crippen LogP contribution is 2.21. The zero-order chi connectivity index (χ0) is 22.4. The summed E-state index contributed by atoms with van der Waals surface area (Å²) in [7, 11) is -3.83. The van der Waals surface area contributed by atoms with Gasteiger partial charge in [-0.3, -0.25) is 19.6 Å². The quantitative estimate of drug-likeness (QED) is 0.298. The van der Waals surface area contributed by atoms with Gasteiger partial charge in [-0.05, 0) is 42.3 Å². The van der Waals surface area contributed by atoms with Crippen molar-refractivity contribution in [2.75, 3.05) is 10.0 Å². The van der Waals surface area contributed by atoms with Crippen LogP contribution in [0.1, 0.15) is 17.5 Å². The summed E-state index contributed by atoms with van der Waals surface area (Å²) in [6.45, 7) is 1.89. The van der Waals surface area contributed by atoms with Crippen molar-refractivity contribution in [1.29, 1.82) is 0 Å². The number of carbonyl (C=O) groups excluding carboxylic acids is 1. The molecule has 3 aromatic rings. The lowest BCUT2D eigenvalue weighted by molar-refractivity contribution is -0.384. The second kappa shape index (κ2) is 9.45. The SMILES string of the molecule is CCc1nnc(NS(=O)(=O)c2ccc(NC(=O)/C=C/c3cccc([N+](=O)[O-])c3)cc2)s1. The molecule has 0 atom stereocenters. The predicted octanol–water partition coefficient (Wildman–Crippen LogP) is 3.46. The van der Waals surface area contributed by atoms with Gasteiger partial charge in [0.2, 0.25) is 11.0 Å². The van der Waals surface area contributed by atoms with Crippen molar-refractivity contribution in [3.63, 3.8) is 0 Å². The molecule has 10 nitrogen and oxygen atoms in total. The number of benzene rings is 2. The molecule has 0 unspecified atom stereocenters.